The highest BCUT2D eigenvalue weighted by molar-refractivity contribution is 5.93. The van der Waals surface area contributed by atoms with Crippen molar-refractivity contribution in [3.05, 3.63) is 29.3 Å². The highest BCUT2D eigenvalue weighted by Crippen LogP contribution is 2.25. The third-order valence-electron chi connectivity index (χ3n) is 4.83. The van der Waals surface area contributed by atoms with Gasteiger partial charge in [-0.05, 0) is 37.4 Å². The molecule has 5 nitrogen and oxygen atoms in total. The monoisotopic (exact) mass is 320 g/mol. The van der Waals surface area contributed by atoms with Gasteiger partial charge in [-0.1, -0.05) is 32.0 Å². The highest BCUT2D eigenvalue weighted by atomic mass is 16.5. The Kier molecular flexibility index (Phi) is 6.16. The molecule has 0 spiro atoms. The van der Waals surface area contributed by atoms with Crippen molar-refractivity contribution in [3.63, 3.8) is 0 Å². The molecule has 1 fully saturated rings. The molecular formula is C18H28N2O3. The lowest BCUT2D eigenvalue weighted by molar-refractivity contribution is -0.118. The number of rotatable bonds is 7. The van der Waals surface area contributed by atoms with Crippen LogP contribution in [0.4, 0.5) is 5.69 Å². The fourth-order valence-corrected chi connectivity index (χ4v) is 3.11. The van der Waals surface area contributed by atoms with E-state index in [2.05, 4.69) is 31.3 Å². The summed E-state index contributed by atoms with van der Waals surface area (Å²) >= 11 is 0. The summed E-state index contributed by atoms with van der Waals surface area (Å²) < 4.78 is 5.41. The molecule has 2 rings (SSSR count). The Morgan fingerprint density at radius 2 is 2.00 bits per heavy atom. The van der Waals surface area contributed by atoms with Gasteiger partial charge in [0.05, 0.1) is 25.3 Å². The molecule has 1 atom stereocenters. The van der Waals surface area contributed by atoms with Crippen molar-refractivity contribution in [1.29, 1.82) is 0 Å². The van der Waals surface area contributed by atoms with Crippen LogP contribution >= 0.6 is 0 Å². The summed E-state index contributed by atoms with van der Waals surface area (Å²) in [5.74, 6) is -0.0529. The minimum Gasteiger partial charge on any atom is -0.394 e. The summed E-state index contributed by atoms with van der Waals surface area (Å²) in [5, 5.41) is 12.8. The number of aliphatic hydroxyl groups excluding tert-OH is 1. The lowest BCUT2D eigenvalue weighted by Crippen LogP contribution is -2.52. The molecule has 1 saturated heterocycles. The maximum absolute atomic E-state index is 12.5. The fourth-order valence-electron chi connectivity index (χ4n) is 3.11. The number of likely N-dealkylation sites (N-methyl/N-ethyl adjacent to an activating group) is 1. The molecule has 5 heteroatoms. The topological polar surface area (TPSA) is 61.8 Å². The molecule has 0 saturated carbocycles. The zero-order valence-corrected chi connectivity index (χ0v) is 14.4. The van der Waals surface area contributed by atoms with Crippen molar-refractivity contribution in [2.75, 3.05) is 38.7 Å². The molecular weight excluding hydrogens is 292 g/mol. The summed E-state index contributed by atoms with van der Waals surface area (Å²) in [7, 11) is 1.87. The van der Waals surface area contributed by atoms with E-state index in [1.54, 1.807) is 0 Å². The fraction of sp³-hybridized carbons (Fsp3) is 0.611. The Hall–Kier alpha value is -1.43. The summed E-state index contributed by atoms with van der Waals surface area (Å²) in [4.78, 5) is 14.4. The number of anilines is 1. The number of nitrogens with zero attached hydrogens (tertiary/aromatic N) is 1. The normalized spacial score (nSPS) is 20.9. The predicted octanol–water partition coefficient (Wildman–Crippen LogP) is 1.83. The van der Waals surface area contributed by atoms with Crippen LogP contribution in [0.15, 0.2) is 18.2 Å². The van der Waals surface area contributed by atoms with Crippen molar-refractivity contribution < 1.29 is 14.6 Å². The number of carbonyl (C=O) groups excluding carboxylic acids is 1. The summed E-state index contributed by atoms with van der Waals surface area (Å²) in [6, 6.07) is 6.15. The van der Waals surface area contributed by atoms with E-state index >= 15 is 0 Å². The molecule has 0 aromatic heterocycles. The lowest BCUT2D eigenvalue weighted by atomic mass is 9.98. The van der Waals surface area contributed by atoms with Crippen molar-refractivity contribution >= 4 is 11.6 Å². The zero-order chi connectivity index (χ0) is 16.9. The molecule has 128 valence electrons. The van der Waals surface area contributed by atoms with Gasteiger partial charge in [0.2, 0.25) is 5.91 Å². The minimum absolute atomic E-state index is 0.00252. The van der Waals surface area contributed by atoms with Crippen LogP contribution in [0.2, 0.25) is 0 Å². The summed E-state index contributed by atoms with van der Waals surface area (Å²) in [5.41, 5.74) is 2.81. The van der Waals surface area contributed by atoms with E-state index in [9.17, 15) is 9.90 Å². The van der Waals surface area contributed by atoms with E-state index < -0.39 is 5.54 Å². The number of hydrogen-bond acceptors (Lipinski definition) is 4. The van der Waals surface area contributed by atoms with Crippen LogP contribution in [0.3, 0.4) is 0 Å². The van der Waals surface area contributed by atoms with Gasteiger partial charge in [-0.2, -0.15) is 0 Å². The largest absolute Gasteiger partial charge is 0.394 e. The van der Waals surface area contributed by atoms with Gasteiger partial charge in [0.25, 0.3) is 0 Å². The second kappa shape index (κ2) is 7.90. The number of carbonyl (C=O) groups is 1. The quantitative estimate of drug-likeness (QED) is 0.805. The standard InChI is InChI=1S/C18H28N2O3/c1-4-14-7-6-8-15(5-2)17(14)19-16(22)11-20(3)18(12-21)9-10-23-13-18/h6-8,21H,4-5,9-13H2,1-3H3,(H,19,22)/t18-/m0/s1. The SMILES string of the molecule is CCc1cccc(CC)c1NC(=O)CN(C)[C@]1(CO)CCOC1. The number of ether oxygens (including phenoxy) is 1. The number of nitrogens with one attached hydrogen (secondary N) is 1. The van der Waals surface area contributed by atoms with Crippen molar-refractivity contribution in [3.8, 4) is 0 Å². The Bertz CT molecular complexity index is 517. The van der Waals surface area contributed by atoms with E-state index in [-0.39, 0.29) is 19.1 Å². The molecule has 1 aliphatic rings. The average Bonchev–Trinajstić information content (AvgIpc) is 3.05. The first kappa shape index (κ1) is 17.9. The van der Waals surface area contributed by atoms with Crippen molar-refractivity contribution in [2.24, 2.45) is 0 Å². The third-order valence-corrected chi connectivity index (χ3v) is 4.83. The summed E-state index contributed by atoms with van der Waals surface area (Å²) in [6.45, 7) is 5.53. The predicted molar refractivity (Wildman–Crippen MR) is 91.7 cm³/mol. The first-order valence-electron chi connectivity index (χ1n) is 8.36. The Labute approximate surface area is 138 Å². The van der Waals surface area contributed by atoms with Crippen LogP contribution in [0.5, 0.6) is 0 Å². The van der Waals surface area contributed by atoms with Crippen LogP contribution in [-0.4, -0.2) is 54.9 Å². The number of para-hydroxylation sites is 1. The first-order valence-corrected chi connectivity index (χ1v) is 8.36. The number of benzene rings is 1. The minimum atomic E-state index is -0.435. The molecule has 1 heterocycles. The van der Waals surface area contributed by atoms with E-state index in [4.69, 9.17) is 4.74 Å². The lowest BCUT2D eigenvalue weighted by Gasteiger charge is -2.35. The zero-order valence-electron chi connectivity index (χ0n) is 14.4. The van der Waals surface area contributed by atoms with Crippen molar-refractivity contribution in [1.82, 2.24) is 4.90 Å². The van der Waals surface area contributed by atoms with Gasteiger partial charge in [0.15, 0.2) is 0 Å². The smallest absolute Gasteiger partial charge is 0.238 e. The summed E-state index contributed by atoms with van der Waals surface area (Å²) in [6.07, 6.45) is 2.51. The van der Waals surface area contributed by atoms with Gasteiger partial charge in [0.1, 0.15) is 0 Å². The molecule has 1 aromatic rings. The van der Waals surface area contributed by atoms with E-state index in [0.29, 0.717) is 13.2 Å². The van der Waals surface area contributed by atoms with Crippen LogP contribution < -0.4 is 5.32 Å². The van der Waals surface area contributed by atoms with Gasteiger partial charge in [0, 0.05) is 12.3 Å². The molecule has 1 aliphatic heterocycles. The van der Waals surface area contributed by atoms with E-state index in [0.717, 1.165) is 36.1 Å². The second-order valence-corrected chi connectivity index (χ2v) is 6.25. The van der Waals surface area contributed by atoms with Crippen LogP contribution in [0, 0.1) is 0 Å². The van der Waals surface area contributed by atoms with E-state index in [1.807, 2.05) is 18.0 Å². The molecule has 23 heavy (non-hydrogen) atoms. The van der Waals surface area contributed by atoms with Crippen molar-refractivity contribution in [2.45, 2.75) is 38.6 Å². The van der Waals surface area contributed by atoms with Gasteiger partial charge >= 0.3 is 0 Å². The Balaban J connectivity index is 2.08. The maximum atomic E-state index is 12.5. The van der Waals surface area contributed by atoms with E-state index in [1.165, 1.54) is 0 Å². The Morgan fingerprint density at radius 3 is 2.48 bits per heavy atom. The van der Waals surface area contributed by atoms with Crippen LogP contribution in [0.25, 0.3) is 0 Å². The van der Waals surface area contributed by atoms with Crippen LogP contribution in [0.1, 0.15) is 31.4 Å². The van der Waals surface area contributed by atoms with Crippen LogP contribution in [-0.2, 0) is 22.4 Å². The molecule has 2 N–H and O–H groups in total. The Morgan fingerprint density at radius 1 is 1.35 bits per heavy atom. The second-order valence-electron chi connectivity index (χ2n) is 6.25. The molecule has 0 aliphatic carbocycles. The number of aryl methyl sites for hydroxylation is 2. The molecule has 1 aromatic carbocycles. The van der Waals surface area contributed by atoms with Gasteiger partial charge in [-0.3, -0.25) is 9.69 Å². The van der Waals surface area contributed by atoms with Gasteiger partial charge in [-0.15, -0.1) is 0 Å². The first-order chi connectivity index (χ1) is 11.1. The molecule has 0 unspecified atom stereocenters. The van der Waals surface area contributed by atoms with Gasteiger partial charge in [-0.25, -0.2) is 0 Å². The molecule has 1 amide bonds. The average molecular weight is 320 g/mol. The third kappa shape index (κ3) is 3.91. The number of amides is 1. The molecule has 0 bridgehead atoms. The number of aliphatic hydroxyl groups is 1. The maximum Gasteiger partial charge on any atom is 0.238 e. The highest BCUT2D eigenvalue weighted by Gasteiger charge is 2.39. The number of hydrogen-bond donors (Lipinski definition) is 2. The molecule has 0 radical (unpaired) electrons. The van der Waals surface area contributed by atoms with Gasteiger partial charge < -0.3 is 15.2 Å².